The number of hydrogen-bond acceptors (Lipinski definition) is 5. The van der Waals surface area contributed by atoms with E-state index < -0.39 is 16.0 Å². The zero-order valence-corrected chi connectivity index (χ0v) is 11.4. The van der Waals surface area contributed by atoms with Crippen LogP contribution in [0.1, 0.15) is 22.5 Å². The van der Waals surface area contributed by atoms with E-state index in [0.29, 0.717) is 26.1 Å². The summed E-state index contributed by atoms with van der Waals surface area (Å²) in [4.78, 5) is 14.6. The molecule has 8 heteroatoms. The Morgan fingerprint density at radius 1 is 1.37 bits per heavy atom. The first-order chi connectivity index (χ1) is 8.88. The topological polar surface area (TPSA) is 108 Å². The van der Waals surface area contributed by atoms with E-state index in [1.165, 1.54) is 12.3 Å². The second-order valence-corrected chi connectivity index (χ2v) is 5.87. The predicted octanol–water partition coefficient (Wildman–Crippen LogP) is -0.191. The van der Waals surface area contributed by atoms with Crippen LogP contribution in [0.25, 0.3) is 0 Å². The highest BCUT2D eigenvalue weighted by Crippen LogP contribution is 1.99. The second kappa shape index (κ2) is 7.17. The van der Waals surface area contributed by atoms with Gasteiger partial charge in [0.05, 0.1) is 17.5 Å². The molecular formula is C11H17N3O4S. The lowest BCUT2D eigenvalue weighted by Gasteiger charge is -2.05. The molecule has 0 saturated heterocycles. The van der Waals surface area contributed by atoms with Crippen molar-refractivity contribution >= 4 is 16.0 Å². The van der Waals surface area contributed by atoms with Gasteiger partial charge in [-0.1, -0.05) is 0 Å². The molecule has 7 nitrogen and oxygen atoms in total. The van der Waals surface area contributed by atoms with Gasteiger partial charge in [0.25, 0.3) is 0 Å². The normalized spacial score (nSPS) is 11.4. The van der Waals surface area contributed by atoms with Gasteiger partial charge in [0.15, 0.2) is 0 Å². The third-order valence-corrected chi connectivity index (χ3v) is 3.00. The van der Waals surface area contributed by atoms with Gasteiger partial charge in [-0.25, -0.2) is 17.9 Å². The number of rotatable bonds is 8. The van der Waals surface area contributed by atoms with Crippen molar-refractivity contribution in [3.8, 4) is 0 Å². The Morgan fingerprint density at radius 3 is 2.63 bits per heavy atom. The molecule has 0 radical (unpaired) electrons. The molecule has 3 N–H and O–H groups in total. The minimum Gasteiger partial charge on any atom is -0.478 e. The maximum Gasteiger partial charge on any atom is 0.337 e. The van der Waals surface area contributed by atoms with Crippen LogP contribution in [-0.2, 0) is 16.6 Å². The van der Waals surface area contributed by atoms with Crippen LogP contribution in [0.2, 0.25) is 0 Å². The van der Waals surface area contributed by atoms with Gasteiger partial charge in [0.1, 0.15) is 0 Å². The molecule has 1 rings (SSSR count). The first-order valence-corrected chi connectivity index (χ1v) is 7.61. The first kappa shape index (κ1) is 15.5. The summed E-state index contributed by atoms with van der Waals surface area (Å²) in [7, 11) is -3.12. The highest BCUT2D eigenvalue weighted by atomic mass is 32.2. The smallest absolute Gasteiger partial charge is 0.337 e. The molecule has 0 atom stereocenters. The number of aromatic nitrogens is 1. The number of nitrogens with one attached hydrogen (secondary N) is 2. The van der Waals surface area contributed by atoms with Crippen molar-refractivity contribution in [1.29, 1.82) is 0 Å². The maximum absolute atomic E-state index is 10.8. The minimum atomic E-state index is -3.12. The van der Waals surface area contributed by atoms with Crippen LogP contribution in [0.4, 0.5) is 0 Å². The fraction of sp³-hybridized carbons (Fsp3) is 0.455. The quantitative estimate of drug-likeness (QED) is 0.572. The molecule has 1 aromatic heterocycles. The lowest BCUT2D eigenvalue weighted by molar-refractivity contribution is 0.0696. The molecule has 0 unspecified atom stereocenters. The van der Waals surface area contributed by atoms with E-state index in [9.17, 15) is 13.2 Å². The minimum absolute atomic E-state index is 0.154. The summed E-state index contributed by atoms with van der Waals surface area (Å²) in [6, 6.07) is 3.14. The highest BCUT2D eigenvalue weighted by Gasteiger charge is 2.02. The molecule has 1 aromatic rings. The second-order valence-electron chi connectivity index (χ2n) is 4.04. The third kappa shape index (κ3) is 6.85. The number of nitrogens with zero attached hydrogens (tertiary/aromatic N) is 1. The van der Waals surface area contributed by atoms with Crippen LogP contribution >= 0.6 is 0 Å². The molecule has 0 amide bonds. The van der Waals surface area contributed by atoms with Crippen molar-refractivity contribution in [2.75, 3.05) is 19.3 Å². The Labute approximate surface area is 112 Å². The molecule has 1 heterocycles. The molecule has 0 aliphatic carbocycles. The summed E-state index contributed by atoms with van der Waals surface area (Å²) in [5, 5.41) is 11.8. The van der Waals surface area contributed by atoms with Crippen LogP contribution in [0, 0.1) is 0 Å². The van der Waals surface area contributed by atoms with Crippen molar-refractivity contribution in [3.05, 3.63) is 29.6 Å². The molecule has 0 aliphatic heterocycles. The number of carboxylic acids is 1. The number of aromatic carboxylic acids is 1. The molecular weight excluding hydrogens is 270 g/mol. The van der Waals surface area contributed by atoms with Crippen LogP contribution in [0.3, 0.4) is 0 Å². The van der Waals surface area contributed by atoms with E-state index in [4.69, 9.17) is 5.11 Å². The van der Waals surface area contributed by atoms with Crippen LogP contribution in [0.15, 0.2) is 18.3 Å². The summed E-state index contributed by atoms with van der Waals surface area (Å²) >= 11 is 0. The van der Waals surface area contributed by atoms with Crippen LogP contribution < -0.4 is 10.0 Å². The van der Waals surface area contributed by atoms with E-state index in [1.54, 1.807) is 6.07 Å². The van der Waals surface area contributed by atoms with Crippen molar-refractivity contribution in [3.63, 3.8) is 0 Å². The van der Waals surface area contributed by atoms with Gasteiger partial charge in [-0.3, -0.25) is 4.98 Å². The van der Waals surface area contributed by atoms with Gasteiger partial charge in [-0.05, 0) is 25.1 Å². The van der Waals surface area contributed by atoms with E-state index in [1.807, 2.05) is 0 Å². The van der Waals surface area contributed by atoms with E-state index >= 15 is 0 Å². The average Bonchev–Trinajstić information content (AvgIpc) is 2.33. The summed E-state index contributed by atoms with van der Waals surface area (Å²) in [6.07, 6.45) is 3.10. The Balaban J connectivity index is 2.21. The Bertz CT molecular complexity index is 513. The van der Waals surface area contributed by atoms with Gasteiger partial charge in [-0.2, -0.15) is 0 Å². The Morgan fingerprint density at radius 2 is 2.11 bits per heavy atom. The average molecular weight is 287 g/mol. The van der Waals surface area contributed by atoms with E-state index in [0.717, 1.165) is 11.9 Å². The van der Waals surface area contributed by atoms with Gasteiger partial charge in [0, 0.05) is 19.3 Å². The zero-order chi connectivity index (χ0) is 14.3. The molecule has 0 bridgehead atoms. The summed E-state index contributed by atoms with van der Waals surface area (Å²) < 4.78 is 24.0. The molecule has 0 aromatic carbocycles. The third-order valence-electron chi connectivity index (χ3n) is 2.27. The molecule has 0 saturated carbocycles. The predicted molar refractivity (Wildman–Crippen MR) is 70.4 cm³/mol. The van der Waals surface area contributed by atoms with Gasteiger partial charge in [-0.15, -0.1) is 0 Å². The SMILES string of the molecule is CS(=O)(=O)NCCCNCc1ccc(C(=O)O)cn1. The lowest BCUT2D eigenvalue weighted by atomic mass is 10.2. The number of pyridine rings is 1. The van der Waals surface area contributed by atoms with E-state index in [2.05, 4.69) is 15.0 Å². The first-order valence-electron chi connectivity index (χ1n) is 5.72. The number of carboxylic acid groups (broad SMARTS) is 1. The number of sulfonamides is 1. The Kier molecular flexibility index (Phi) is 5.87. The largest absolute Gasteiger partial charge is 0.478 e. The summed E-state index contributed by atoms with van der Waals surface area (Å²) in [6.45, 7) is 1.54. The van der Waals surface area contributed by atoms with Crippen molar-refractivity contribution in [2.45, 2.75) is 13.0 Å². The standard InChI is InChI=1S/C11H17N3O4S/c1-19(17,18)14-6-2-5-12-8-10-4-3-9(7-13-10)11(15)16/h3-4,7,12,14H,2,5-6,8H2,1H3,(H,15,16). The van der Waals surface area contributed by atoms with Gasteiger partial charge < -0.3 is 10.4 Å². The number of carbonyl (C=O) groups is 1. The zero-order valence-electron chi connectivity index (χ0n) is 10.6. The Hall–Kier alpha value is -1.51. The highest BCUT2D eigenvalue weighted by molar-refractivity contribution is 7.88. The fourth-order valence-corrected chi connectivity index (χ4v) is 1.86. The molecule has 0 aliphatic rings. The van der Waals surface area contributed by atoms with Crippen molar-refractivity contribution in [1.82, 2.24) is 15.0 Å². The molecule has 19 heavy (non-hydrogen) atoms. The summed E-state index contributed by atoms with van der Waals surface area (Å²) in [5.41, 5.74) is 0.891. The van der Waals surface area contributed by atoms with Gasteiger partial charge >= 0.3 is 5.97 Å². The van der Waals surface area contributed by atoms with E-state index in [-0.39, 0.29) is 5.56 Å². The van der Waals surface area contributed by atoms with Crippen molar-refractivity contribution < 1.29 is 18.3 Å². The molecule has 106 valence electrons. The number of hydrogen-bond donors (Lipinski definition) is 3. The summed E-state index contributed by atoms with van der Waals surface area (Å²) in [5.74, 6) is -1.00. The molecule has 0 spiro atoms. The lowest BCUT2D eigenvalue weighted by Crippen LogP contribution is -2.26. The fourth-order valence-electron chi connectivity index (χ4n) is 1.34. The van der Waals surface area contributed by atoms with Crippen molar-refractivity contribution in [2.24, 2.45) is 0 Å². The molecule has 0 fully saturated rings. The maximum atomic E-state index is 10.8. The van der Waals surface area contributed by atoms with Gasteiger partial charge in [0.2, 0.25) is 10.0 Å². The van der Waals surface area contributed by atoms with Crippen LogP contribution in [-0.4, -0.2) is 43.8 Å². The monoisotopic (exact) mass is 287 g/mol. The van der Waals surface area contributed by atoms with Crippen LogP contribution in [0.5, 0.6) is 0 Å².